The lowest BCUT2D eigenvalue weighted by atomic mass is 9.85. The summed E-state index contributed by atoms with van der Waals surface area (Å²) in [5, 5.41) is 4.23. The molecule has 7 nitrogen and oxygen atoms in total. The molecule has 0 saturated carbocycles. The summed E-state index contributed by atoms with van der Waals surface area (Å²) in [6.07, 6.45) is 0.189. The molecule has 1 atom stereocenters. The van der Waals surface area contributed by atoms with Crippen LogP contribution in [0.15, 0.2) is 11.0 Å². The molecule has 1 aliphatic heterocycles. The minimum Gasteiger partial charge on any atom is -0.339 e. The van der Waals surface area contributed by atoms with Gasteiger partial charge in [0.1, 0.15) is 0 Å². The van der Waals surface area contributed by atoms with Crippen LogP contribution in [0.2, 0.25) is 0 Å². The van der Waals surface area contributed by atoms with Gasteiger partial charge in [-0.1, -0.05) is 6.92 Å². The zero-order valence-corrected chi connectivity index (χ0v) is 16.9. The quantitative estimate of drug-likeness (QED) is 0.823. The Labute approximate surface area is 171 Å². The summed E-state index contributed by atoms with van der Waals surface area (Å²) in [4.78, 5) is 34.0. The van der Waals surface area contributed by atoms with Crippen molar-refractivity contribution in [2.24, 2.45) is 11.8 Å². The SMILES string of the molecule is Cc1c(C(=O)N2CCC(C(C)C(F)(F)F)CC2)cnn1-c1nc2c(c(=O)[nH]1)CCC2. The maximum Gasteiger partial charge on any atom is 0.391 e. The van der Waals surface area contributed by atoms with E-state index in [2.05, 4.69) is 15.1 Å². The van der Waals surface area contributed by atoms with Crippen molar-refractivity contribution in [2.45, 2.75) is 52.1 Å². The number of alkyl halides is 3. The van der Waals surface area contributed by atoms with Gasteiger partial charge in [-0.05, 0) is 44.9 Å². The smallest absolute Gasteiger partial charge is 0.339 e. The molecule has 1 fully saturated rings. The molecule has 0 aromatic carbocycles. The second-order valence-corrected chi connectivity index (χ2v) is 8.18. The van der Waals surface area contributed by atoms with Crippen LogP contribution in [0.3, 0.4) is 0 Å². The fraction of sp³-hybridized carbons (Fsp3) is 0.600. The molecule has 162 valence electrons. The van der Waals surface area contributed by atoms with Crippen molar-refractivity contribution >= 4 is 5.91 Å². The number of halogens is 3. The summed E-state index contributed by atoms with van der Waals surface area (Å²) < 4.78 is 40.3. The van der Waals surface area contributed by atoms with Crippen LogP contribution in [0, 0.1) is 18.8 Å². The van der Waals surface area contributed by atoms with E-state index in [1.807, 2.05) is 0 Å². The first-order chi connectivity index (χ1) is 14.2. The number of carbonyl (C=O) groups is 1. The van der Waals surface area contributed by atoms with E-state index in [1.165, 1.54) is 17.8 Å². The highest BCUT2D eigenvalue weighted by Gasteiger charge is 2.42. The molecule has 1 unspecified atom stereocenters. The van der Waals surface area contributed by atoms with Crippen molar-refractivity contribution in [3.63, 3.8) is 0 Å². The number of fused-ring (bicyclic) bond motifs is 1. The third kappa shape index (κ3) is 3.63. The number of aromatic nitrogens is 4. The van der Waals surface area contributed by atoms with E-state index in [9.17, 15) is 22.8 Å². The molecule has 10 heteroatoms. The van der Waals surface area contributed by atoms with E-state index in [0.717, 1.165) is 18.5 Å². The molecular weight excluding hydrogens is 399 g/mol. The Morgan fingerprint density at radius 1 is 1.27 bits per heavy atom. The highest BCUT2D eigenvalue weighted by molar-refractivity contribution is 5.95. The number of H-pyrrole nitrogens is 1. The number of amides is 1. The van der Waals surface area contributed by atoms with E-state index in [4.69, 9.17) is 0 Å². The minimum absolute atomic E-state index is 0.184. The maximum atomic E-state index is 13.0. The average molecular weight is 423 g/mol. The molecule has 1 amide bonds. The lowest BCUT2D eigenvalue weighted by molar-refractivity contribution is -0.186. The van der Waals surface area contributed by atoms with E-state index in [0.29, 0.717) is 36.1 Å². The number of nitrogens with zero attached hydrogens (tertiary/aromatic N) is 4. The Bertz CT molecular complexity index is 1020. The first-order valence-electron chi connectivity index (χ1n) is 10.2. The van der Waals surface area contributed by atoms with Crippen LogP contribution in [0.1, 0.15) is 53.5 Å². The van der Waals surface area contributed by atoms with Crippen molar-refractivity contribution in [2.75, 3.05) is 13.1 Å². The Kier molecular flexibility index (Phi) is 5.19. The second-order valence-electron chi connectivity index (χ2n) is 8.18. The monoisotopic (exact) mass is 423 g/mol. The van der Waals surface area contributed by atoms with Crippen molar-refractivity contribution < 1.29 is 18.0 Å². The summed E-state index contributed by atoms with van der Waals surface area (Å²) in [5.74, 6) is -1.84. The van der Waals surface area contributed by atoms with E-state index >= 15 is 0 Å². The highest BCUT2D eigenvalue weighted by Crippen LogP contribution is 2.37. The Morgan fingerprint density at radius 2 is 1.97 bits per heavy atom. The zero-order chi connectivity index (χ0) is 21.6. The topological polar surface area (TPSA) is 83.9 Å². The summed E-state index contributed by atoms with van der Waals surface area (Å²) in [6, 6.07) is 0. The van der Waals surface area contributed by atoms with E-state index in [-0.39, 0.29) is 30.5 Å². The number of rotatable bonds is 3. The van der Waals surface area contributed by atoms with Gasteiger partial charge in [-0.25, -0.2) is 9.67 Å². The van der Waals surface area contributed by atoms with Crippen LogP contribution in [-0.2, 0) is 12.8 Å². The number of piperidine rings is 1. The molecule has 2 aliphatic rings. The zero-order valence-electron chi connectivity index (χ0n) is 16.9. The number of likely N-dealkylation sites (tertiary alicyclic amines) is 1. The fourth-order valence-corrected chi connectivity index (χ4v) is 4.40. The summed E-state index contributed by atoms with van der Waals surface area (Å²) in [7, 11) is 0. The average Bonchev–Trinajstić information content (AvgIpc) is 3.33. The molecule has 1 aliphatic carbocycles. The van der Waals surface area contributed by atoms with Gasteiger partial charge in [0.15, 0.2) is 0 Å². The van der Waals surface area contributed by atoms with Crippen molar-refractivity contribution in [3.05, 3.63) is 39.1 Å². The molecule has 30 heavy (non-hydrogen) atoms. The van der Waals surface area contributed by atoms with Gasteiger partial charge in [0.05, 0.1) is 29.1 Å². The van der Waals surface area contributed by atoms with Crippen LogP contribution in [0.5, 0.6) is 0 Å². The third-order valence-electron chi connectivity index (χ3n) is 6.42. The molecule has 0 radical (unpaired) electrons. The standard InChI is InChI=1S/C20H24F3N5O2/c1-11(20(21,22)23)13-6-8-27(9-7-13)18(30)15-10-24-28(12(15)2)19-25-16-5-3-4-14(16)17(29)26-19/h10-11,13H,3-9H2,1-2H3,(H,25,26,29). The first-order valence-corrected chi connectivity index (χ1v) is 10.2. The predicted molar refractivity (Wildman–Crippen MR) is 103 cm³/mol. The highest BCUT2D eigenvalue weighted by atomic mass is 19.4. The van der Waals surface area contributed by atoms with Crippen molar-refractivity contribution in [1.82, 2.24) is 24.6 Å². The second kappa shape index (κ2) is 7.55. The van der Waals surface area contributed by atoms with Gasteiger partial charge in [0.25, 0.3) is 11.5 Å². The molecule has 4 rings (SSSR count). The predicted octanol–water partition coefficient (Wildman–Crippen LogP) is 2.80. The Hall–Kier alpha value is -2.65. The number of nitrogens with one attached hydrogen (secondary N) is 1. The van der Waals surface area contributed by atoms with Crippen molar-refractivity contribution in [1.29, 1.82) is 0 Å². The first kappa shape index (κ1) is 20.6. The van der Waals surface area contributed by atoms with Crippen LogP contribution in [0.25, 0.3) is 5.95 Å². The van der Waals surface area contributed by atoms with Gasteiger partial charge in [0.2, 0.25) is 5.95 Å². The number of carbonyl (C=O) groups excluding carboxylic acids is 1. The van der Waals surface area contributed by atoms with Crippen LogP contribution in [0.4, 0.5) is 13.2 Å². The largest absolute Gasteiger partial charge is 0.391 e. The number of hydrogen-bond acceptors (Lipinski definition) is 4. The molecule has 2 aromatic rings. The maximum absolute atomic E-state index is 13.0. The van der Waals surface area contributed by atoms with E-state index < -0.39 is 18.0 Å². The third-order valence-corrected chi connectivity index (χ3v) is 6.42. The summed E-state index contributed by atoms with van der Waals surface area (Å²) >= 11 is 0. The molecule has 1 saturated heterocycles. The van der Waals surface area contributed by atoms with Gasteiger partial charge >= 0.3 is 6.18 Å². The van der Waals surface area contributed by atoms with Gasteiger partial charge < -0.3 is 4.90 Å². The van der Waals surface area contributed by atoms with Gasteiger partial charge in [-0.15, -0.1) is 0 Å². The summed E-state index contributed by atoms with van der Waals surface area (Å²) in [6.45, 7) is 3.48. The van der Waals surface area contributed by atoms with E-state index in [1.54, 1.807) is 11.8 Å². The van der Waals surface area contributed by atoms with Gasteiger partial charge in [-0.2, -0.15) is 18.3 Å². The lowest BCUT2D eigenvalue weighted by Crippen LogP contribution is -2.42. The molecule has 2 aromatic heterocycles. The number of hydrogen-bond donors (Lipinski definition) is 1. The number of aromatic amines is 1. The van der Waals surface area contributed by atoms with Crippen LogP contribution in [-0.4, -0.2) is 49.8 Å². The van der Waals surface area contributed by atoms with Gasteiger partial charge in [-0.3, -0.25) is 14.6 Å². The summed E-state index contributed by atoms with van der Waals surface area (Å²) in [5.41, 5.74) is 2.18. The Balaban J connectivity index is 1.50. The molecule has 3 heterocycles. The minimum atomic E-state index is -4.21. The van der Waals surface area contributed by atoms with Crippen LogP contribution < -0.4 is 5.56 Å². The molecule has 0 bridgehead atoms. The normalized spacial score (nSPS) is 18.5. The van der Waals surface area contributed by atoms with Gasteiger partial charge in [0, 0.05) is 18.7 Å². The molecule has 1 N–H and O–H groups in total. The Morgan fingerprint density at radius 3 is 2.63 bits per heavy atom. The fourth-order valence-electron chi connectivity index (χ4n) is 4.40. The number of aryl methyl sites for hydroxylation is 1. The van der Waals surface area contributed by atoms with Crippen molar-refractivity contribution in [3.8, 4) is 5.95 Å². The molecular formula is C20H24F3N5O2. The van der Waals surface area contributed by atoms with Crippen LogP contribution >= 0.6 is 0 Å². The lowest BCUT2D eigenvalue weighted by Gasteiger charge is -2.35. The molecule has 0 spiro atoms.